The number of halogens is 1. The van der Waals surface area contributed by atoms with Gasteiger partial charge in [-0.25, -0.2) is 0 Å². The van der Waals surface area contributed by atoms with E-state index in [1.807, 2.05) is 6.07 Å². The Balaban J connectivity index is 0.00000341. The van der Waals surface area contributed by atoms with Crippen LogP contribution >= 0.6 is 24.0 Å². The molecule has 1 aromatic carbocycles. The molecule has 2 unspecified atom stereocenters. The number of hydrogen-bond acceptors (Lipinski definition) is 5. The van der Waals surface area contributed by atoms with Gasteiger partial charge in [0.25, 0.3) is 0 Å². The van der Waals surface area contributed by atoms with Gasteiger partial charge in [-0.3, -0.25) is 14.8 Å². The normalized spacial score (nSPS) is 20.3. The monoisotopic (exact) mass is 545 g/mol. The van der Waals surface area contributed by atoms with Gasteiger partial charge in [-0.1, -0.05) is 0 Å². The molecule has 0 radical (unpaired) electrons. The maximum absolute atomic E-state index is 5.41. The van der Waals surface area contributed by atoms with Crippen LogP contribution in [0.3, 0.4) is 0 Å². The van der Waals surface area contributed by atoms with Gasteiger partial charge in [0.2, 0.25) is 0 Å². The highest BCUT2D eigenvalue weighted by Gasteiger charge is 2.29. The number of aliphatic imine (C=N–C) groups is 1. The zero-order valence-corrected chi connectivity index (χ0v) is 22.0. The second kappa shape index (κ2) is 12.7. The summed E-state index contributed by atoms with van der Waals surface area (Å²) >= 11 is 0. The Bertz CT molecular complexity index is 691. The minimum atomic E-state index is 0. The van der Waals surface area contributed by atoms with Crippen molar-refractivity contribution in [3.05, 3.63) is 23.8 Å². The summed E-state index contributed by atoms with van der Waals surface area (Å²) in [5.74, 6) is 2.61. The first kappa shape index (κ1) is 26.0. The van der Waals surface area contributed by atoms with E-state index < -0.39 is 0 Å². The number of benzene rings is 1. The van der Waals surface area contributed by atoms with Gasteiger partial charge < -0.3 is 20.1 Å². The lowest BCUT2D eigenvalue weighted by molar-refractivity contribution is 0.253. The van der Waals surface area contributed by atoms with Gasteiger partial charge in [0.1, 0.15) is 11.5 Å². The van der Waals surface area contributed by atoms with Crippen LogP contribution in [0.15, 0.2) is 23.2 Å². The molecule has 31 heavy (non-hydrogen) atoms. The number of hydrogen-bond donors (Lipinski definition) is 2. The molecule has 1 saturated carbocycles. The molecular weight excluding hydrogens is 505 g/mol. The summed E-state index contributed by atoms with van der Waals surface area (Å²) in [4.78, 5) is 9.80. The summed E-state index contributed by atoms with van der Waals surface area (Å²) in [6.07, 6.45) is 3.78. The minimum absolute atomic E-state index is 0. The number of nitrogens with zero attached hydrogens (tertiary/aromatic N) is 3. The summed E-state index contributed by atoms with van der Waals surface area (Å²) in [7, 11) is 5.61. The van der Waals surface area contributed by atoms with Crippen LogP contribution < -0.4 is 20.1 Å². The molecule has 1 aliphatic carbocycles. The SMILES string of the molecule is CCNC(=NCC(C)N(C)C1CC1)NC1CCN(Cc2cc(OC)cc(OC)c2)C1.I. The lowest BCUT2D eigenvalue weighted by atomic mass is 10.2. The molecule has 1 saturated heterocycles. The molecule has 0 spiro atoms. The van der Waals surface area contributed by atoms with Crippen molar-refractivity contribution in [1.29, 1.82) is 0 Å². The molecule has 1 heterocycles. The van der Waals surface area contributed by atoms with Crippen LogP contribution in [-0.2, 0) is 6.54 Å². The molecule has 3 rings (SSSR count). The molecule has 2 fully saturated rings. The first-order valence-corrected chi connectivity index (χ1v) is 11.2. The van der Waals surface area contributed by atoms with Gasteiger partial charge in [0.05, 0.1) is 20.8 Å². The van der Waals surface area contributed by atoms with Crippen LogP contribution in [-0.4, -0.2) is 81.3 Å². The third-order valence-electron chi connectivity index (χ3n) is 6.11. The van der Waals surface area contributed by atoms with Crippen LogP contribution in [0.25, 0.3) is 0 Å². The fourth-order valence-electron chi connectivity index (χ4n) is 4.02. The van der Waals surface area contributed by atoms with E-state index in [2.05, 4.69) is 53.5 Å². The Morgan fingerprint density at radius 3 is 2.45 bits per heavy atom. The Morgan fingerprint density at radius 1 is 1.19 bits per heavy atom. The summed E-state index contributed by atoms with van der Waals surface area (Å²) in [5.41, 5.74) is 1.21. The van der Waals surface area contributed by atoms with Crippen molar-refractivity contribution in [2.24, 2.45) is 4.99 Å². The Labute approximate surface area is 205 Å². The fraction of sp³-hybridized carbons (Fsp3) is 0.696. The summed E-state index contributed by atoms with van der Waals surface area (Å²) < 4.78 is 10.8. The van der Waals surface area contributed by atoms with E-state index in [4.69, 9.17) is 14.5 Å². The van der Waals surface area contributed by atoms with Crippen LogP contribution in [0.2, 0.25) is 0 Å². The Hall–Kier alpha value is -1.26. The smallest absolute Gasteiger partial charge is 0.191 e. The molecule has 1 aromatic rings. The van der Waals surface area contributed by atoms with E-state index in [0.717, 1.165) is 62.6 Å². The molecular formula is C23H40IN5O2. The molecule has 0 bridgehead atoms. The maximum atomic E-state index is 5.41. The predicted molar refractivity (Wildman–Crippen MR) is 138 cm³/mol. The molecule has 8 heteroatoms. The van der Waals surface area contributed by atoms with Crippen molar-refractivity contribution >= 4 is 29.9 Å². The van der Waals surface area contributed by atoms with Gasteiger partial charge in [-0.05, 0) is 57.9 Å². The van der Waals surface area contributed by atoms with E-state index >= 15 is 0 Å². The lowest BCUT2D eigenvalue weighted by Crippen LogP contribution is -2.45. The Kier molecular flexibility index (Phi) is 10.6. The topological polar surface area (TPSA) is 61.4 Å². The summed E-state index contributed by atoms with van der Waals surface area (Å²) in [5, 5.41) is 7.06. The number of nitrogens with one attached hydrogen (secondary N) is 2. The van der Waals surface area contributed by atoms with E-state index in [1.165, 1.54) is 18.4 Å². The Morgan fingerprint density at radius 2 is 1.87 bits per heavy atom. The number of guanidine groups is 1. The fourth-order valence-corrected chi connectivity index (χ4v) is 4.02. The van der Waals surface area contributed by atoms with E-state index in [1.54, 1.807) is 14.2 Å². The van der Waals surface area contributed by atoms with Crippen molar-refractivity contribution < 1.29 is 9.47 Å². The molecule has 7 nitrogen and oxygen atoms in total. The highest BCUT2D eigenvalue weighted by Crippen LogP contribution is 2.27. The quantitative estimate of drug-likeness (QED) is 0.268. The largest absolute Gasteiger partial charge is 0.497 e. The third-order valence-corrected chi connectivity index (χ3v) is 6.11. The van der Waals surface area contributed by atoms with Crippen molar-refractivity contribution in [2.45, 2.75) is 57.8 Å². The average molecular weight is 546 g/mol. The summed E-state index contributed by atoms with van der Waals surface area (Å²) in [6, 6.07) is 7.74. The highest BCUT2D eigenvalue weighted by molar-refractivity contribution is 14.0. The molecule has 2 atom stereocenters. The van der Waals surface area contributed by atoms with Gasteiger partial charge >= 0.3 is 0 Å². The second-order valence-corrected chi connectivity index (χ2v) is 8.55. The molecule has 1 aliphatic heterocycles. The van der Waals surface area contributed by atoms with Gasteiger partial charge in [0, 0.05) is 50.4 Å². The average Bonchev–Trinajstić information content (AvgIpc) is 3.52. The molecule has 2 aliphatic rings. The maximum Gasteiger partial charge on any atom is 0.191 e. The van der Waals surface area contributed by atoms with Crippen molar-refractivity contribution in [1.82, 2.24) is 20.4 Å². The predicted octanol–water partition coefficient (Wildman–Crippen LogP) is 2.93. The zero-order valence-electron chi connectivity index (χ0n) is 19.7. The molecule has 176 valence electrons. The van der Waals surface area contributed by atoms with Crippen LogP contribution in [0.5, 0.6) is 11.5 Å². The third kappa shape index (κ3) is 7.98. The molecule has 0 aromatic heterocycles. The number of rotatable bonds is 10. The van der Waals surface area contributed by atoms with Crippen LogP contribution in [0.4, 0.5) is 0 Å². The van der Waals surface area contributed by atoms with Crippen LogP contribution in [0, 0.1) is 0 Å². The van der Waals surface area contributed by atoms with Crippen molar-refractivity contribution in [3.63, 3.8) is 0 Å². The molecule has 0 amide bonds. The number of likely N-dealkylation sites (tertiary alicyclic amines) is 1. The van der Waals surface area contributed by atoms with E-state index in [9.17, 15) is 0 Å². The number of ether oxygens (including phenoxy) is 2. The zero-order chi connectivity index (χ0) is 21.5. The summed E-state index contributed by atoms with van der Waals surface area (Å²) in [6.45, 7) is 9.04. The van der Waals surface area contributed by atoms with E-state index in [0.29, 0.717) is 12.1 Å². The van der Waals surface area contributed by atoms with Gasteiger partial charge in [-0.2, -0.15) is 0 Å². The molecule has 2 N–H and O–H groups in total. The lowest BCUT2D eigenvalue weighted by Gasteiger charge is -2.24. The van der Waals surface area contributed by atoms with Gasteiger partial charge in [0.15, 0.2) is 5.96 Å². The van der Waals surface area contributed by atoms with Gasteiger partial charge in [-0.15, -0.1) is 24.0 Å². The standard InChI is InChI=1S/C23H39N5O2.HI/c1-6-24-23(25-14-17(2)27(3)20-7-8-20)26-19-9-10-28(16-19)15-18-11-21(29-4)13-22(12-18)30-5;/h11-13,17,19-20H,6-10,14-16H2,1-5H3,(H2,24,25,26);1H. The minimum Gasteiger partial charge on any atom is -0.497 e. The first-order valence-electron chi connectivity index (χ1n) is 11.2. The van der Waals surface area contributed by atoms with Crippen LogP contribution in [0.1, 0.15) is 38.7 Å². The first-order chi connectivity index (χ1) is 14.5. The van der Waals surface area contributed by atoms with Crippen molar-refractivity contribution in [2.75, 3.05) is 47.4 Å². The van der Waals surface area contributed by atoms with E-state index in [-0.39, 0.29) is 24.0 Å². The van der Waals surface area contributed by atoms with Crippen molar-refractivity contribution in [3.8, 4) is 11.5 Å². The number of likely N-dealkylation sites (N-methyl/N-ethyl adjacent to an activating group) is 1. The highest BCUT2D eigenvalue weighted by atomic mass is 127. The number of methoxy groups -OCH3 is 2. The second-order valence-electron chi connectivity index (χ2n) is 8.55.